The lowest BCUT2D eigenvalue weighted by atomic mass is 9.90. The molecule has 4 rings (SSSR count). The molecule has 0 bridgehead atoms. The lowest BCUT2D eigenvalue weighted by Gasteiger charge is -2.24. The van der Waals surface area contributed by atoms with Gasteiger partial charge in [0.15, 0.2) is 6.54 Å². The number of morpholine rings is 1. The number of ether oxygens (including phenoxy) is 2. The number of aromatic amines is 1. The van der Waals surface area contributed by atoms with E-state index in [-0.39, 0.29) is 11.8 Å². The Morgan fingerprint density at radius 2 is 1.93 bits per heavy atom. The largest absolute Gasteiger partial charge is 0.497 e. The number of hydrogen-bond acceptors (Lipinski definition) is 3. The van der Waals surface area contributed by atoms with Gasteiger partial charge in [0, 0.05) is 29.6 Å². The summed E-state index contributed by atoms with van der Waals surface area (Å²) in [5.74, 6) is 0.965. The van der Waals surface area contributed by atoms with E-state index in [1.54, 1.807) is 7.11 Å². The third-order valence-electron chi connectivity index (χ3n) is 5.63. The van der Waals surface area contributed by atoms with Gasteiger partial charge in [-0.2, -0.15) is 0 Å². The number of rotatable bonds is 7. The molecule has 1 atom stereocenters. The third kappa shape index (κ3) is 4.60. The molecule has 6 nitrogen and oxygen atoms in total. The predicted molar refractivity (Wildman–Crippen MR) is 113 cm³/mol. The Labute approximate surface area is 170 Å². The fourth-order valence-corrected chi connectivity index (χ4v) is 3.97. The van der Waals surface area contributed by atoms with E-state index in [0.29, 0.717) is 13.1 Å². The highest BCUT2D eigenvalue weighted by Crippen LogP contribution is 2.31. The number of carbonyl (C=O) groups excluding carboxylic acids is 1. The lowest BCUT2D eigenvalue weighted by Crippen LogP contribution is -3.15. The van der Waals surface area contributed by atoms with E-state index in [4.69, 9.17) is 9.47 Å². The molecule has 0 unspecified atom stereocenters. The van der Waals surface area contributed by atoms with Gasteiger partial charge in [-0.05, 0) is 29.3 Å². The lowest BCUT2D eigenvalue weighted by molar-refractivity contribution is -0.900. The molecule has 0 spiro atoms. The van der Waals surface area contributed by atoms with Crippen molar-refractivity contribution in [2.45, 2.75) is 5.92 Å². The second-order valence-electron chi connectivity index (χ2n) is 7.46. The smallest absolute Gasteiger partial charge is 0.275 e. The average molecular weight is 394 g/mol. The summed E-state index contributed by atoms with van der Waals surface area (Å²) in [5.41, 5.74) is 3.43. The Bertz CT molecular complexity index is 945. The molecule has 0 saturated carbocycles. The Hall–Kier alpha value is -2.83. The highest BCUT2D eigenvalue weighted by atomic mass is 16.5. The number of hydrogen-bond donors (Lipinski definition) is 3. The van der Waals surface area contributed by atoms with E-state index < -0.39 is 0 Å². The zero-order valence-corrected chi connectivity index (χ0v) is 16.7. The van der Waals surface area contributed by atoms with Gasteiger partial charge < -0.3 is 24.7 Å². The van der Waals surface area contributed by atoms with Gasteiger partial charge in [-0.15, -0.1) is 0 Å². The summed E-state index contributed by atoms with van der Waals surface area (Å²) in [4.78, 5) is 17.2. The summed E-state index contributed by atoms with van der Waals surface area (Å²) in [6, 6.07) is 16.4. The van der Waals surface area contributed by atoms with Gasteiger partial charge in [0.2, 0.25) is 0 Å². The van der Waals surface area contributed by atoms with Crippen molar-refractivity contribution in [3.8, 4) is 5.75 Å². The van der Waals surface area contributed by atoms with Crippen molar-refractivity contribution in [1.29, 1.82) is 0 Å². The van der Waals surface area contributed by atoms with Crippen molar-refractivity contribution in [2.24, 2.45) is 0 Å². The molecular weight excluding hydrogens is 366 g/mol. The van der Waals surface area contributed by atoms with Crippen LogP contribution < -0.4 is 15.0 Å². The van der Waals surface area contributed by atoms with Crippen LogP contribution in [0.1, 0.15) is 17.0 Å². The van der Waals surface area contributed by atoms with E-state index >= 15 is 0 Å². The minimum absolute atomic E-state index is 0.0562. The van der Waals surface area contributed by atoms with Gasteiger partial charge in [-0.25, -0.2) is 0 Å². The second kappa shape index (κ2) is 9.11. The van der Waals surface area contributed by atoms with E-state index in [1.807, 2.05) is 24.3 Å². The summed E-state index contributed by atoms with van der Waals surface area (Å²) in [6.45, 7) is 4.28. The fraction of sp³-hybridized carbons (Fsp3) is 0.348. The van der Waals surface area contributed by atoms with Crippen LogP contribution in [0.25, 0.3) is 10.9 Å². The Morgan fingerprint density at radius 3 is 2.69 bits per heavy atom. The molecule has 6 heteroatoms. The summed E-state index contributed by atoms with van der Waals surface area (Å²) in [5, 5.41) is 4.35. The number of amides is 1. The number of benzene rings is 2. The number of H-pyrrole nitrogens is 1. The number of aromatic nitrogens is 1. The molecule has 2 heterocycles. The van der Waals surface area contributed by atoms with Crippen LogP contribution in [0.3, 0.4) is 0 Å². The standard InChI is InChI=1S/C23H27N3O3/c1-28-18-8-6-17(7-9-18)20(21-15-24-22-5-3-2-4-19(21)22)14-25-23(27)16-26-10-12-29-13-11-26/h2-9,15,20,24H,10-14,16H2,1H3,(H,25,27)/p+1/t20-/m1/s1. The van der Waals surface area contributed by atoms with Crippen molar-refractivity contribution in [2.75, 3.05) is 46.5 Å². The minimum atomic E-state index is 0.0562. The molecule has 3 aromatic rings. The Kier molecular flexibility index (Phi) is 6.12. The maximum Gasteiger partial charge on any atom is 0.275 e. The molecule has 1 saturated heterocycles. The maximum absolute atomic E-state index is 12.6. The van der Waals surface area contributed by atoms with Gasteiger partial charge in [0.25, 0.3) is 5.91 Å². The van der Waals surface area contributed by atoms with Crippen LogP contribution in [-0.4, -0.2) is 57.4 Å². The summed E-state index contributed by atoms with van der Waals surface area (Å²) < 4.78 is 10.7. The molecule has 0 radical (unpaired) electrons. The quantitative estimate of drug-likeness (QED) is 0.567. The van der Waals surface area contributed by atoms with Crippen LogP contribution in [0.15, 0.2) is 54.7 Å². The third-order valence-corrected chi connectivity index (χ3v) is 5.63. The highest BCUT2D eigenvalue weighted by Gasteiger charge is 2.22. The molecule has 29 heavy (non-hydrogen) atoms. The van der Waals surface area contributed by atoms with Crippen molar-refractivity contribution in [1.82, 2.24) is 10.3 Å². The van der Waals surface area contributed by atoms with Crippen molar-refractivity contribution < 1.29 is 19.2 Å². The molecule has 152 valence electrons. The molecule has 1 fully saturated rings. The number of carbonyl (C=O) groups is 1. The number of fused-ring (bicyclic) bond motifs is 1. The zero-order valence-electron chi connectivity index (χ0n) is 16.7. The average Bonchev–Trinajstić information content (AvgIpc) is 3.19. The number of para-hydroxylation sites is 1. The van der Waals surface area contributed by atoms with E-state index in [2.05, 4.69) is 40.8 Å². The monoisotopic (exact) mass is 394 g/mol. The van der Waals surface area contributed by atoms with Gasteiger partial charge in [-0.3, -0.25) is 4.79 Å². The van der Waals surface area contributed by atoms with Gasteiger partial charge in [0.05, 0.1) is 20.3 Å². The van der Waals surface area contributed by atoms with Gasteiger partial charge >= 0.3 is 0 Å². The molecule has 1 amide bonds. The number of methoxy groups -OCH3 is 1. The molecule has 1 aliphatic rings. The van der Waals surface area contributed by atoms with Crippen LogP contribution in [-0.2, 0) is 9.53 Å². The molecule has 1 aromatic heterocycles. The van der Waals surface area contributed by atoms with Crippen LogP contribution in [0.4, 0.5) is 0 Å². The van der Waals surface area contributed by atoms with Crippen LogP contribution in [0.5, 0.6) is 5.75 Å². The predicted octanol–water partition coefficient (Wildman–Crippen LogP) is 1.34. The Balaban J connectivity index is 1.54. The number of nitrogens with one attached hydrogen (secondary N) is 3. The zero-order chi connectivity index (χ0) is 20.1. The first-order chi connectivity index (χ1) is 14.2. The van der Waals surface area contributed by atoms with Crippen molar-refractivity contribution in [3.63, 3.8) is 0 Å². The first-order valence-corrected chi connectivity index (χ1v) is 10.1. The minimum Gasteiger partial charge on any atom is -0.497 e. The van der Waals surface area contributed by atoms with Gasteiger partial charge in [-0.1, -0.05) is 30.3 Å². The Morgan fingerprint density at radius 1 is 1.17 bits per heavy atom. The summed E-state index contributed by atoms with van der Waals surface area (Å²) >= 11 is 0. The van der Waals surface area contributed by atoms with Crippen LogP contribution in [0, 0.1) is 0 Å². The van der Waals surface area contributed by atoms with Crippen LogP contribution >= 0.6 is 0 Å². The van der Waals surface area contributed by atoms with E-state index in [1.165, 1.54) is 15.8 Å². The summed E-state index contributed by atoms with van der Waals surface area (Å²) in [6.07, 6.45) is 2.05. The highest BCUT2D eigenvalue weighted by molar-refractivity contribution is 5.84. The van der Waals surface area contributed by atoms with E-state index in [9.17, 15) is 4.79 Å². The van der Waals surface area contributed by atoms with Crippen molar-refractivity contribution >= 4 is 16.8 Å². The molecule has 0 aliphatic carbocycles. The molecule has 1 aliphatic heterocycles. The van der Waals surface area contributed by atoms with E-state index in [0.717, 1.165) is 43.1 Å². The van der Waals surface area contributed by atoms with Crippen LogP contribution in [0.2, 0.25) is 0 Å². The molecule has 3 N–H and O–H groups in total. The normalized spacial score (nSPS) is 15.9. The topological polar surface area (TPSA) is 67.8 Å². The van der Waals surface area contributed by atoms with Gasteiger partial charge in [0.1, 0.15) is 18.8 Å². The first kappa shape index (κ1) is 19.5. The fourth-order valence-electron chi connectivity index (χ4n) is 3.97. The number of quaternary nitrogens is 1. The van der Waals surface area contributed by atoms with Crippen molar-refractivity contribution in [3.05, 3.63) is 65.9 Å². The second-order valence-corrected chi connectivity index (χ2v) is 7.46. The first-order valence-electron chi connectivity index (χ1n) is 10.1. The molecule has 2 aromatic carbocycles. The summed E-state index contributed by atoms with van der Waals surface area (Å²) in [7, 11) is 1.67. The molecular formula is C23H28N3O3+. The SMILES string of the molecule is COc1ccc([C@@H](CNC(=O)C[NH+]2CCOCC2)c2c[nH]c3ccccc23)cc1. The maximum atomic E-state index is 12.6.